The lowest BCUT2D eigenvalue weighted by Gasteiger charge is -2.21. The summed E-state index contributed by atoms with van der Waals surface area (Å²) in [6, 6.07) is 2.86. The predicted molar refractivity (Wildman–Crippen MR) is 77.1 cm³/mol. The van der Waals surface area contributed by atoms with Crippen molar-refractivity contribution in [3.8, 4) is 0 Å². The van der Waals surface area contributed by atoms with Crippen LogP contribution in [0.3, 0.4) is 0 Å². The first-order valence-corrected chi connectivity index (χ1v) is 7.61. The van der Waals surface area contributed by atoms with Gasteiger partial charge >= 0.3 is 5.97 Å². The largest absolute Gasteiger partial charge is 0.477 e. The van der Waals surface area contributed by atoms with Gasteiger partial charge in [0.15, 0.2) is 0 Å². The first-order valence-electron chi connectivity index (χ1n) is 7.61. The highest BCUT2D eigenvalue weighted by molar-refractivity contribution is 5.96. The summed E-state index contributed by atoms with van der Waals surface area (Å²) < 4.78 is 0. The number of hydrogen-bond donors (Lipinski definition) is 2. The monoisotopic (exact) mass is 288 g/mol. The van der Waals surface area contributed by atoms with E-state index in [1.165, 1.54) is 37.9 Å². The van der Waals surface area contributed by atoms with Gasteiger partial charge in [0.1, 0.15) is 5.69 Å². The minimum absolute atomic E-state index is 0.101. The molecule has 2 aliphatic carbocycles. The highest BCUT2D eigenvalue weighted by atomic mass is 16.4. The fraction of sp³-hybridized carbons (Fsp3) is 0.562. The third kappa shape index (κ3) is 3.06. The van der Waals surface area contributed by atoms with Crippen LogP contribution in [0.4, 0.5) is 0 Å². The standard InChI is InChI=1S/C16H20N2O3/c19-15(13-4-5-17-14(9-13)16(20)21)18-6-3-12-8-10-1-2-11(12)7-10/h4-5,9-12H,1-3,6-8H2,(H,18,19)(H,20,21). The molecule has 1 aromatic rings. The lowest BCUT2D eigenvalue weighted by Crippen LogP contribution is -2.27. The van der Waals surface area contributed by atoms with Crippen LogP contribution >= 0.6 is 0 Å². The van der Waals surface area contributed by atoms with E-state index in [9.17, 15) is 9.59 Å². The number of carboxylic acids is 1. The van der Waals surface area contributed by atoms with Gasteiger partial charge in [0, 0.05) is 18.3 Å². The van der Waals surface area contributed by atoms with Crippen molar-refractivity contribution in [1.82, 2.24) is 10.3 Å². The highest BCUT2D eigenvalue weighted by Crippen LogP contribution is 2.49. The van der Waals surface area contributed by atoms with Gasteiger partial charge in [-0.3, -0.25) is 4.79 Å². The molecule has 0 aromatic carbocycles. The number of fused-ring (bicyclic) bond motifs is 2. The normalized spacial score (nSPS) is 26.8. The molecule has 2 fully saturated rings. The fourth-order valence-corrected chi connectivity index (χ4v) is 3.89. The molecule has 1 amide bonds. The highest BCUT2D eigenvalue weighted by Gasteiger charge is 2.38. The molecule has 1 aromatic heterocycles. The summed E-state index contributed by atoms with van der Waals surface area (Å²) in [7, 11) is 0. The number of pyridine rings is 1. The number of amides is 1. The zero-order valence-electron chi connectivity index (χ0n) is 11.9. The first kappa shape index (κ1) is 14.0. The summed E-state index contributed by atoms with van der Waals surface area (Å²) in [5, 5.41) is 11.8. The third-order valence-electron chi connectivity index (χ3n) is 4.93. The van der Waals surface area contributed by atoms with Crippen molar-refractivity contribution in [2.45, 2.75) is 32.1 Å². The van der Waals surface area contributed by atoms with Crippen LogP contribution in [-0.2, 0) is 0 Å². The lowest BCUT2D eigenvalue weighted by molar-refractivity contribution is 0.0690. The number of carbonyl (C=O) groups excluding carboxylic acids is 1. The molecule has 0 saturated heterocycles. The van der Waals surface area contributed by atoms with E-state index < -0.39 is 5.97 Å². The van der Waals surface area contributed by atoms with Crippen molar-refractivity contribution in [3.05, 3.63) is 29.6 Å². The predicted octanol–water partition coefficient (Wildman–Crippen LogP) is 2.34. The Morgan fingerprint density at radius 1 is 1.33 bits per heavy atom. The Labute approximate surface area is 123 Å². The number of rotatable bonds is 5. The van der Waals surface area contributed by atoms with Crippen LogP contribution in [0.5, 0.6) is 0 Å². The average molecular weight is 288 g/mol. The molecule has 112 valence electrons. The van der Waals surface area contributed by atoms with Gasteiger partial charge in [0.25, 0.3) is 5.91 Å². The molecule has 3 atom stereocenters. The molecular weight excluding hydrogens is 268 g/mol. The molecule has 3 rings (SSSR count). The second-order valence-corrected chi connectivity index (χ2v) is 6.21. The second-order valence-electron chi connectivity index (χ2n) is 6.21. The summed E-state index contributed by atoms with van der Waals surface area (Å²) in [5.41, 5.74) is 0.256. The number of nitrogens with zero attached hydrogens (tertiary/aromatic N) is 1. The molecule has 0 radical (unpaired) electrons. The van der Waals surface area contributed by atoms with Crippen LogP contribution in [0.15, 0.2) is 18.3 Å². The Kier molecular flexibility index (Phi) is 3.90. The fourth-order valence-electron chi connectivity index (χ4n) is 3.89. The maximum absolute atomic E-state index is 12.0. The Hall–Kier alpha value is -1.91. The molecular formula is C16H20N2O3. The quantitative estimate of drug-likeness (QED) is 0.871. The van der Waals surface area contributed by atoms with Crippen molar-refractivity contribution < 1.29 is 14.7 Å². The summed E-state index contributed by atoms with van der Waals surface area (Å²) in [5.74, 6) is 1.21. The van der Waals surface area contributed by atoms with Crippen LogP contribution in [-0.4, -0.2) is 28.5 Å². The molecule has 5 heteroatoms. The van der Waals surface area contributed by atoms with E-state index >= 15 is 0 Å². The van der Waals surface area contributed by atoms with E-state index in [4.69, 9.17) is 5.11 Å². The molecule has 2 aliphatic rings. The van der Waals surface area contributed by atoms with Crippen LogP contribution < -0.4 is 5.32 Å². The van der Waals surface area contributed by atoms with Crippen molar-refractivity contribution in [2.75, 3.05) is 6.54 Å². The lowest BCUT2D eigenvalue weighted by atomic mass is 9.86. The number of carboxylic acid groups (broad SMARTS) is 1. The molecule has 2 N–H and O–H groups in total. The smallest absolute Gasteiger partial charge is 0.354 e. The zero-order chi connectivity index (χ0) is 14.8. The van der Waals surface area contributed by atoms with Gasteiger partial charge in [0.2, 0.25) is 0 Å². The third-order valence-corrected chi connectivity index (χ3v) is 4.93. The Bertz CT molecular complexity index is 558. The SMILES string of the molecule is O=C(NCCC1CC2CCC1C2)c1ccnc(C(=O)O)c1. The zero-order valence-corrected chi connectivity index (χ0v) is 11.9. The van der Waals surface area contributed by atoms with Crippen LogP contribution in [0.1, 0.15) is 53.0 Å². The van der Waals surface area contributed by atoms with Gasteiger partial charge in [0.05, 0.1) is 0 Å². The van der Waals surface area contributed by atoms with Crippen molar-refractivity contribution >= 4 is 11.9 Å². The van der Waals surface area contributed by atoms with Gasteiger partial charge in [-0.1, -0.05) is 6.42 Å². The van der Waals surface area contributed by atoms with Crippen LogP contribution in [0.25, 0.3) is 0 Å². The van der Waals surface area contributed by atoms with Crippen LogP contribution in [0, 0.1) is 17.8 Å². The molecule has 3 unspecified atom stereocenters. The summed E-state index contributed by atoms with van der Waals surface area (Å²) in [6.07, 6.45) is 7.83. The van der Waals surface area contributed by atoms with E-state index in [2.05, 4.69) is 10.3 Å². The Morgan fingerprint density at radius 2 is 2.19 bits per heavy atom. The van der Waals surface area contributed by atoms with Gasteiger partial charge in [-0.25, -0.2) is 9.78 Å². The van der Waals surface area contributed by atoms with E-state index in [0.29, 0.717) is 12.1 Å². The van der Waals surface area contributed by atoms with Crippen molar-refractivity contribution in [1.29, 1.82) is 0 Å². The maximum Gasteiger partial charge on any atom is 0.354 e. The van der Waals surface area contributed by atoms with Gasteiger partial charge in [-0.2, -0.15) is 0 Å². The molecule has 0 spiro atoms. The molecule has 21 heavy (non-hydrogen) atoms. The van der Waals surface area contributed by atoms with E-state index in [1.54, 1.807) is 6.07 Å². The molecule has 5 nitrogen and oxygen atoms in total. The molecule has 0 aliphatic heterocycles. The number of nitrogens with one attached hydrogen (secondary N) is 1. The Balaban J connectivity index is 1.50. The van der Waals surface area contributed by atoms with Crippen molar-refractivity contribution in [3.63, 3.8) is 0 Å². The van der Waals surface area contributed by atoms with Gasteiger partial charge in [-0.05, 0) is 55.6 Å². The van der Waals surface area contributed by atoms with Gasteiger partial charge in [-0.15, -0.1) is 0 Å². The number of aromatic carboxylic acids is 1. The van der Waals surface area contributed by atoms with Crippen LogP contribution in [0.2, 0.25) is 0 Å². The minimum Gasteiger partial charge on any atom is -0.477 e. The molecule has 1 heterocycles. The molecule has 2 bridgehead atoms. The summed E-state index contributed by atoms with van der Waals surface area (Å²) in [4.78, 5) is 26.6. The van der Waals surface area contributed by atoms with E-state index in [0.717, 1.165) is 24.2 Å². The summed E-state index contributed by atoms with van der Waals surface area (Å²) in [6.45, 7) is 0.664. The number of aromatic nitrogens is 1. The maximum atomic E-state index is 12.0. The number of carbonyl (C=O) groups is 2. The van der Waals surface area contributed by atoms with E-state index in [1.807, 2.05) is 0 Å². The average Bonchev–Trinajstić information content (AvgIpc) is 3.10. The molecule has 2 saturated carbocycles. The van der Waals surface area contributed by atoms with Gasteiger partial charge < -0.3 is 10.4 Å². The second kappa shape index (κ2) is 5.84. The van der Waals surface area contributed by atoms with E-state index in [-0.39, 0.29) is 11.6 Å². The number of hydrogen-bond acceptors (Lipinski definition) is 3. The topological polar surface area (TPSA) is 79.3 Å². The first-order chi connectivity index (χ1) is 10.1. The minimum atomic E-state index is -1.12. The van der Waals surface area contributed by atoms with Crippen molar-refractivity contribution in [2.24, 2.45) is 17.8 Å². The Morgan fingerprint density at radius 3 is 2.86 bits per heavy atom. The summed E-state index contributed by atoms with van der Waals surface area (Å²) >= 11 is 0.